The molecule has 0 saturated carbocycles. The molecule has 7 nitrogen and oxygen atoms in total. The van der Waals surface area contributed by atoms with Gasteiger partial charge in [-0.25, -0.2) is 14.8 Å². The van der Waals surface area contributed by atoms with Crippen LogP contribution in [0.2, 0.25) is 0 Å². The van der Waals surface area contributed by atoms with Gasteiger partial charge in [-0.3, -0.25) is 0 Å². The highest BCUT2D eigenvalue weighted by Crippen LogP contribution is 2.28. The fraction of sp³-hybridized carbons (Fsp3) is 0.611. The summed E-state index contributed by atoms with van der Waals surface area (Å²) in [7, 11) is 2.04. The summed E-state index contributed by atoms with van der Waals surface area (Å²) in [4.78, 5) is 28.2. The fourth-order valence-corrected chi connectivity index (χ4v) is 3.34. The summed E-state index contributed by atoms with van der Waals surface area (Å²) in [5, 5.41) is 0.997. The number of amides is 1. The van der Waals surface area contributed by atoms with Crippen LogP contribution < -0.4 is 4.90 Å². The Morgan fingerprint density at radius 3 is 3.04 bits per heavy atom. The van der Waals surface area contributed by atoms with Crippen LogP contribution in [-0.2, 0) is 4.74 Å². The monoisotopic (exact) mass is 345 g/mol. The molecular weight excluding hydrogens is 318 g/mol. The second-order valence-corrected chi connectivity index (χ2v) is 7.30. The minimum atomic E-state index is -0.214. The lowest BCUT2D eigenvalue weighted by Gasteiger charge is -2.41. The van der Waals surface area contributed by atoms with E-state index in [9.17, 15) is 4.79 Å². The average molecular weight is 345 g/mol. The van der Waals surface area contributed by atoms with Crippen LogP contribution in [0.15, 0.2) is 18.6 Å². The SMILES string of the molecule is CC(C)COC(=O)N1CC[C@@H](C)[C@@H](N(C)c2ncnc3[nH]ccc23)C1. The number of aromatic amines is 1. The summed E-state index contributed by atoms with van der Waals surface area (Å²) in [6.45, 7) is 8.16. The van der Waals surface area contributed by atoms with Gasteiger partial charge >= 0.3 is 6.09 Å². The number of nitrogens with zero attached hydrogens (tertiary/aromatic N) is 4. The third-order valence-corrected chi connectivity index (χ3v) is 4.88. The summed E-state index contributed by atoms with van der Waals surface area (Å²) in [5.41, 5.74) is 0.827. The standard InChI is InChI=1S/C18H27N5O2/c1-12(2)10-25-18(24)23-8-6-13(3)15(9-23)22(4)17-14-5-7-19-16(14)20-11-21-17/h5,7,11-13,15H,6,8-10H2,1-4H3,(H,19,20,21)/t13-,15+/m1/s1. The summed E-state index contributed by atoms with van der Waals surface area (Å²) >= 11 is 0. The lowest BCUT2D eigenvalue weighted by molar-refractivity contribution is 0.0752. The van der Waals surface area contributed by atoms with Gasteiger partial charge in [0, 0.05) is 26.3 Å². The Labute approximate surface area is 148 Å². The van der Waals surface area contributed by atoms with Crippen molar-refractivity contribution in [1.29, 1.82) is 0 Å². The first-order chi connectivity index (χ1) is 12.0. The Morgan fingerprint density at radius 1 is 1.48 bits per heavy atom. The molecule has 25 heavy (non-hydrogen) atoms. The second kappa shape index (κ2) is 7.29. The summed E-state index contributed by atoms with van der Waals surface area (Å²) < 4.78 is 5.41. The number of carbonyl (C=O) groups is 1. The maximum Gasteiger partial charge on any atom is 0.409 e. The van der Waals surface area contributed by atoms with Gasteiger partial charge in [-0.05, 0) is 24.3 Å². The number of fused-ring (bicyclic) bond motifs is 1. The third-order valence-electron chi connectivity index (χ3n) is 4.88. The van der Waals surface area contributed by atoms with Gasteiger partial charge in [-0.2, -0.15) is 0 Å². The van der Waals surface area contributed by atoms with E-state index in [1.807, 2.05) is 38.1 Å². The van der Waals surface area contributed by atoms with Crippen LogP contribution >= 0.6 is 0 Å². The van der Waals surface area contributed by atoms with E-state index in [4.69, 9.17) is 4.74 Å². The maximum absolute atomic E-state index is 12.3. The van der Waals surface area contributed by atoms with Gasteiger partial charge in [0.25, 0.3) is 0 Å². The van der Waals surface area contributed by atoms with E-state index >= 15 is 0 Å². The summed E-state index contributed by atoms with van der Waals surface area (Å²) in [6, 6.07) is 2.18. The first-order valence-corrected chi connectivity index (χ1v) is 8.90. The lowest BCUT2D eigenvalue weighted by atomic mass is 9.92. The second-order valence-electron chi connectivity index (χ2n) is 7.30. The minimum absolute atomic E-state index is 0.188. The highest BCUT2D eigenvalue weighted by molar-refractivity contribution is 5.87. The largest absolute Gasteiger partial charge is 0.449 e. The highest BCUT2D eigenvalue weighted by atomic mass is 16.6. The molecule has 0 unspecified atom stereocenters. The first kappa shape index (κ1) is 17.5. The molecule has 7 heteroatoms. The zero-order chi connectivity index (χ0) is 18.0. The third kappa shape index (κ3) is 3.70. The molecule has 0 spiro atoms. The van der Waals surface area contributed by atoms with E-state index < -0.39 is 0 Å². The van der Waals surface area contributed by atoms with Crippen LogP contribution in [0.3, 0.4) is 0 Å². The van der Waals surface area contributed by atoms with Crippen molar-refractivity contribution >= 4 is 22.9 Å². The van der Waals surface area contributed by atoms with E-state index in [0.717, 1.165) is 29.8 Å². The number of anilines is 1. The van der Waals surface area contributed by atoms with Gasteiger partial charge in [0.05, 0.1) is 18.0 Å². The number of piperidine rings is 1. The number of nitrogens with one attached hydrogen (secondary N) is 1. The molecule has 3 rings (SSSR count). The van der Waals surface area contributed by atoms with Gasteiger partial charge in [0.1, 0.15) is 17.8 Å². The molecule has 1 aliphatic rings. The predicted octanol–water partition coefficient (Wildman–Crippen LogP) is 2.90. The van der Waals surface area contributed by atoms with Gasteiger partial charge in [-0.15, -0.1) is 0 Å². The van der Waals surface area contributed by atoms with Crippen molar-refractivity contribution in [3.63, 3.8) is 0 Å². The van der Waals surface area contributed by atoms with E-state index in [1.165, 1.54) is 0 Å². The molecule has 1 saturated heterocycles. The van der Waals surface area contributed by atoms with Crippen molar-refractivity contribution < 1.29 is 9.53 Å². The van der Waals surface area contributed by atoms with Gasteiger partial charge in [-0.1, -0.05) is 20.8 Å². The van der Waals surface area contributed by atoms with E-state index in [0.29, 0.717) is 25.0 Å². The molecule has 1 amide bonds. The smallest absolute Gasteiger partial charge is 0.409 e. The first-order valence-electron chi connectivity index (χ1n) is 8.90. The van der Waals surface area contributed by atoms with Crippen LogP contribution in [-0.4, -0.2) is 58.7 Å². The molecule has 2 aromatic rings. The number of hydrogen-bond acceptors (Lipinski definition) is 5. The van der Waals surface area contributed by atoms with Gasteiger partial charge in [0.2, 0.25) is 0 Å². The van der Waals surface area contributed by atoms with E-state index in [-0.39, 0.29) is 12.1 Å². The molecule has 3 heterocycles. The maximum atomic E-state index is 12.3. The highest BCUT2D eigenvalue weighted by Gasteiger charge is 2.33. The molecule has 0 bridgehead atoms. The van der Waals surface area contributed by atoms with Crippen molar-refractivity contribution in [3.05, 3.63) is 18.6 Å². The van der Waals surface area contributed by atoms with Crippen molar-refractivity contribution in [2.75, 3.05) is 31.6 Å². The van der Waals surface area contributed by atoms with E-state index in [1.54, 1.807) is 6.33 Å². The zero-order valence-corrected chi connectivity index (χ0v) is 15.4. The Hall–Kier alpha value is -2.31. The Morgan fingerprint density at radius 2 is 2.28 bits per heavy atom. The minimum Gasteiger partial charge on any atom is -0.449 e. The number of likely N-dealkylation sites (N-methyl/N-ethyl adjacent to an activating group) is 1. The van der Waals surface area contributed by atoms with Crippen molar-refractivity contribution in [2.45, 2.75) is 33.2 Å². The summed E-state index contributed by atoms with van der Waals surface area (Å²) in [6.07, 6.45) is 4.18. The number of carbonyl (C=O) groups excluding carboxylic acids is 1. The molecule has 0 radical (unpaired) electrons. The van der Waals surface area contributed by atoms with Gasteiger partial charge in [0.15, 0.2) is 0 Å². The van der Waals surface area contributed by atoms with Crippen LogP contribution in [0.4, 0.5) is 10.6 Å². The molecule has 0 aliphatic carbocycles. The Balaban J connectivity index is 1.75. The normalized spacial score (nSPS) is 20.9. The summed E-state index contributed by atoms with van der Waals surface area (Å²) in [5.74, 6) is 1.69. The quantitative estimate of drug-likeness (QED) is 0.922. The number of aromatic nitrogens is 3. The van der Waals surface area contributed by atoms with Crippen molar-refractivity contribution in [2.24, 2.45) is 11.8 Å². The predicted molar refractivity (Wildman–Crippen MR) is 97.6 cm³/mol. The van der Waals surface area contributed by atoms with Crippen LogP contribution in [0, 0.1) is 11.8 Å². The molecule has 1 fully saturated rings. The van der Waals surface area contributed by atoms with E-state index in [2.05, 4.69) is 26.8 Å². The number of hydrogen-bond donors (Lipinski definition) is 1. The fourth-order valence-electron chi connectivity index (χ4n) is 3.34. The van der Waals surface area contributed by atoms with Crippen LogP contribution in [0.25, 0.3) is 11.0 Å². The number of ether oxygens (including phenoxy) is 1. The number of rotatable bonds is 4. The molecule has 0 aromatic carbocycles. The van der Waals surface area contributed by atoms with Crippen LogP contribution in [0.1, 0.15) is 27.2 Å². The Bertz CT molecular complexity index is 729. The van der Waals surface area contributed by atoms with Gasteiger partial charge < -0.3 is 19.5 Å². The topological polar surface area (TPSA) is 74.3 Å². The molecule has 1 N–H and O–H groups in total. The molecule has 136 valence electrons. The average Bonchev–Trinajstić information content (AvgIpc) is 3.08. The zero-order valence-electron chi connectivity index (χ0n) is 15.4. The van der Waals surface area contributed by atoms with Crippen molar-refractivity contribution in [1.82, 2.24) is 19.9 Å². The Kier molecular flexibility index (Phi) is 5.11. The molecule has 2 aromatic heterocycles. The number of likely N-dealkylation sites (tertiary alicyclic amines) is 1. The lowest BCUT2D eigenvalue weighted by Crippen LogP contribution is -2.53. The molecule has 1 aliphatic heterocycles. The number of H-pyrrole nitrogens is 1. The molecular formula is C18H27N5O2. The molecule has 2 atom stereocenters. The van der Waals surface area contributed by atoms with Crippen LogP contribution in [0.5, 0.6) is 0 Å². The van der Waals surface area contributed by atoms with Crippen molar-refractivity contribution in [3.8, 4) is 0 Å².